The summed E-state index contributed by atoms with van der Waals surface area (Å²) in [7, 11) is 0. The molecule has 0 heterocycles. The van der Waals surface area contributed by atoms with Crippen molar-refractivity contribution in [2.24, 2.45) is 5.73 Å². The number of carbonyl (C=O) groups excluding carboxylic acids is 1. The standard InChI is InChI=1S/C8H5F4NO.ClH/c9-4-1-2-5(7(13)14)6(3-4)8(10,11)12;/h1-3H,(H2,13,14);1H. The largest absolute Gasteiger partial charge is 0.417 e. The lowest BCUT2D eigenvalue weighted by atomic mass is 10.1. The lowest BCUT2D eigenvalue weighted by Gasteiger charge is -2.09. The molecule has 1 rings (SSSR count). The normalized spacial score (nSPS) is 10.7. The Morgan fingerprint density at radius 3 is 2.20 bits per heavy atom. The van der Waals surface area contributed by atoms with Crippen molar-refractivity contribution in [2.75, 3.05) is 0 Å². The van der Waals surface area contributed by atoms with Crippen molar-refractivity contribution in [3.8, 4) is 0 Å². The molecule has 2 nitrogen and oxygen atoms in total. The number of hydrogen-bond donors (Lipinski definition) is 1. The molecule has 0 fully saturated rings. The summed E-state index contributed by atoms with van der Waals surface area (Å²) in [6, 6.07) is 1.69. The van der Waals surface area contributed by atoms with Crippen molar-refractivity contribution in [1.29, 1.82) is 0 Å². The average molecular weight is 244 g/mol. The molecule has 2 N–H and O–H groups in total. The molecule has 1 aromatic rings. The maximum absolute atomic E-state index is 12.5. The molecule has 0 saturated heterocycles. The Hall–Kier alpha value is -1.30. The Balaban J connectivity index is 0.00000196. The van der Waals surface area contributed by atoms with Crippen LogP contribution < -0.4 is 5.73 Å². The molecule has 0 unspecified atom stereocenters. The van der Waals surface area contributed by atoms with E-state index in [1.54, 1.807) is 0 Å². The molecule has 0 radical (unpaired) electrons. The summed E-state index contributed by atoms with van der Waals surface area (Å²) in [5.41, 5.74) is 2.61. The summed E-state index contributed by atoms with van der Waals surface area (Å²) in [6.07, 6.45) is -4.79. The van der Waals surface area contributed by atoms with Gasteiger partial charge in [0.1, 0.15) is 5.82 Å². The quantitative estimate of drug-likeness (QED) is 0.756. The third-order valence-corrected chi connectivity index (χ3v) is 1.55. The number of primary amides is 1. The first kappa shape index (κ1) is 13.7. The summed E-state index contributed by atoms with van der Waals surface area (Å²) in [5, 5.41) is 0. The zero-order chi connectivity index (χ0) is 10.9. The maximum atomic E-state index is 12.5. The van der Waals surface area contributed by atoms with Crippen molar-refractivity contribution < 1.29 is 22.4 Å². The Morgan fingerprint density at radius 1 is 1.27 bits per heavy atom. The fourth-order valence-electron chi connectivity index (χ4n) is 0.966. The van der Waals surface area contributed by atoms with Gasteiger partial charge in [-0.3, -0.25) is 4.79 Å². The molecule has 0 aliphatic rings. The molecular weight excluding hydrogens is 238 g/mol. The van der Waals surface area contributed by atoms with Crippen molar-refractivity contribution in [3.05, 3.63) is 35.1 Å². The van der Waals surface area contributed by atoms with Gasteiger partial charge in [-0.2, -0.15) is 13.2 Å². The van der Waals surface area contributed by atoms with Crippen molar-refractivity contribution in [1.82, 2.24) is 0 Å². The lowest BCUT2D eigenvalue weighted by Crippen LogP contribution is -2.18. The van der Waals surface area contributed by atoms with Gasteiger partial charge in [0.15, 0.2) is 0 Å². The second-order valence-electron chi connectivity index (χ2n) is 2.55. The van der Waals surface area contributed by atoms with E-state index in [1.807, 2.05) is 0 Å². The molecular formula is C8H6ClF4NO. The highest BCUT2D eigenvalue weighted by Crippen LogP contribution is 2.32. The van der Waals surface area contributed by atoms with Crippen LogP contribution in [0.5, 0.6) is 0 Å². The monoisotopic (exact) mass is 243 g/mol. The van der Waals surface area contributed by atoms with Crippen LogP contribution in [-0.4, -0.2) is 5.91 Å². The van der Waals surface area contributed by atoms with Crippen molar-refractivity contribution in [2.45, 2.75) is 6.18 Å². The summed E-state index contributed by atoms with van der Waals surface area (Å²) in [5.74, 6) is -2.31. The lowest BCUT2D eigenvalue weighted by molar-refractivity contribution is -0.138. The van der Waals surface area contributed by atoms with E-state index < -0.39 is 29.0 Å². The molecule has 0 atom stereocenters. The van der Waals surface area contributed by atoms with E-state index in [1.165, 1.54) is 0 Å². The summed E-state index contributed by atoms with van der Waals surface area (Å²) in [6.45, 7) is 0. The van der Waals surface area contributed by atoms with Crippen molar-refractivity contribution >= 4 is 18.3 Å². The molecule has 0 aliphatic heterocycles. The summed E-state index contributed by atoms with van der Waals surface area (Å²) >= 11 is 0. The van der Waals surface area contributed by atoms with Gasteiger partial charge in [-0.1, -0.05) is 0 Å². The number of halogens is 5. The van der Waals surface area contributed by atoms with E-state index in [0.29, 0.717) is 6.07 Å². The van der Waals surface area contributed by atoms with Crippen LogP contribution in [0.15, 0.2) is 18.2 Å². The molecule has 0 aromatic heterocycles. The van der Waals surface area contributed by atoms with Crippen LogP contribution in [0.2, 0.25) is 0 Å². The molecule has 0 bridgehead atoms. The molecule has 0 saturated carbocycles. The predicted molar refractivity (Wildman–Crippen MR) is 47.2 cm³/mol. The number of benzene rings is 1. The van der Waals surface area contributed by atoms with Gasteiger partial charge in [0.05, 0.1) is 11.1 Å². The molecule has 1 aromatic carbocycles. The van der Waals surface area contributed by atoms with Gasteiger partial charge in [-0.05, 0) is 18.2 Å². The second kappa shape index (κ2) is 4.48. The predicted octanol–water partition coefficient (Wildman–Crippen LogP) is 2.37. The van der Waals surface area contributed by atoms with Crippen LogP contribution in [0.1, 0.15) is 15.9 Å². The number of amides is 1. The van der Waals surface area contributed by atoms with Gasteiger partial charge < -0.3 is 5.73 Å². The van der Waals surface area contributed by atoms with Gasteiger partial charge >= 0.3 is 6.18 Å². The van der Waals surface area contributed by atoms with Gasteiger partial charge in [-0.15, -0.1) is 12.4 Å². The molecule has 1 amide bonds. The third kappa shape index (κ3) is 3.09. The van der Waals surface area contributed by atoms with E-state index in [0.717, 1.165) is 6.07 Å². The highest BCUT2D eigenvalue weighted by Gasteiger charge is 2.35. The highest BCUT2D eigenvalue weighted by molar-refractivity contribution is 5.94. The average Bonchev–Trinajstić information content (AvgIpc) is 2.01. The van der Waals surface area contributed by atoms with E-state index in [2.05, 4.69) is 0 Å². The zero-order valence-electron chi connectivity index (χ0n) is 7.14. The molecule has 15 heavy (non-hydrogen) atoms. The number of carbonyl (C=O) groups is 1. The van der Waals surface area contributed by atoms with Gasteiger partial charge in [0.25, 0.3) is 0 Å². The van der Waals surface area contributed by atoms with Crippen LogP contribution in [0.4, 0.5) is 17.6 Å². The van der Waals surface area contributed by atoms with E-state index in [9.17, 15) is 22.4 Å². The minimum absolute atomic E-state index is 0. The highest BCUT2D eigenvalue weighted by atomic mass is 35.5. The number of hydrogen-bond acceptors (Lipinski definition) is 1. The maximum Gasteiger partial charge on any atom is 0.417 e. The topological polar surface area (TPSA) is 43.1 Å². The fourth-order valence-corrected chi connectivity index (χ4v) is 0.966. The Morgan fingerprint density at radius 2 is 1.80 bits per heavy atom. The number of rotatable bonds is 1. The van der Waals surface area contributed by atoms with Gasteiger partial charge in [-0.25, -0.2) is 4.39 Å². The Bertz CT molecular complexity index is 377. The first-order valence-electron chi connectivity index (χ1n) is 3.49. The second-order valence-corrected chi connectivity index (χ2v) is 2.55. The SMILES string of the molecule is Cl.NC(=O)c1ccc(F)cc1C(F)(F)F. The minimum atomic E-state index is -4.79. The summed E-state index contributed by atoms with van der Waals surface area (Å²) < 4.78 is 49.1. The smallest absolute Gasteiger partial charge is 0.366 e. The summed E-state index contributed by atoms with van der Waals surface area (Å²) in [4.78, 5) is 10.6. The van der Waals surface area contributed by atoms with Gasteiger partial charge in [0.2, 0.25) is 5.91 Å². The van der Waals surface area contributed by atoms with Crippen LogP contribution in [-0.2, 0) is 6.18 Å². The first-order chi connectivity index (χ1) is 6.32. The molecule has 0 spiro atoms. The zero-order valence-corrected chi connectivity index (χ0v) is 7.95. The van der Waals surface area contributed by atoms with Gasteiger partial charge in [0, 0.05) is 0 Å². The Labute approximate surface area is 88.5 Å². The van der Waals surface area contributed by atoms with Crippen molar-refractivity contribution in [3.63, 3.8) is 0 Å². The van der Waals surface area contributed by atoms with E-state index >= 15 is 0 Å². The minimum Gasteiger partial charge on any atom is -0.366 e. The van der Waals surface area contributed by atoms with E-state index in [-0.39, 0.29) is 18.5 Å². The molecule has 0 aliphatic carbocycles. The fraction of sp³-hybridized carbons (Fsp3) is 0.125. The Kier molecular flexibility index (Phi) is 4.09. The molecule has 84 valence electrons. The van der Waals surface area contributed by atoms with Crippen LogP contribution in [0, 0.1) is 5.82 Å². The van der Waals surface area contributed by atoms with E-state index in [4.69, 9.17) is 5.73 Å². The number of nitrogens with two attached hydrogens (primary N) is 1. The van der Waals surface area contributed by atoms with Crippen LogP contribution >= 0.6 is 12.4 Å². The number of alkyl halides is 3. The van der Waals surface area contributed by atoms with Crippen LogP contribution in [0.25, 0.3) is 0 Å². The third-order valence-electron chi connectivity index (χ3n) is 1.55. The molecule has 7 heteroatoms. The first-order valence-corrected chi connectivity index (χ1v) is 3.49. The van der Waals surface area contributed by atoms with Crippen LogP contribution in [0.3, 0.4) is 0 Å².